The number of hydrogen-bond acceptors (Lipinski definition) is 5. The number of thiazole rings is 1. The number of nitrogens with zero attached hydrogens (tertiary/aromatic N) is 2. The SMILES string of the molecule is Cc1cccc(NC(=O)Cc2csc(-c3cc(Br)cs3)n2)n1. The number of carbonyl (C=O) groups is 1. The average Bonchev–Trinajstić information content (AvgIpc) is 3.07. The standard InChI is InChI=1S/C15H12BrN3OS2/c1-9-3-2-4-13(17-9)19-14(20)6-11-8-22-15(18-11)12-5-10(16)7-21-12/h2-5,7-8H,6H2,1H3,(H,17,19,20). The van der Waals surface area contributed by atoms with Crippen LogP contribution in [0.1, 0.15) is 11.4 Å². The monoisotopic (exact) mass is 393 g/mol. The molecule has 0 saturated heterocycles. The van der Waals surface area contributed by atoms with Gasteiger partial charge in [0.2, 0.25) is 5.91 Å². The molecule has 4 nitrogen and oxygen atoms in total. The van der Waals surface area contributed by atoms with Gasteiger partial charge in [-0.05, 0) is 41.1 Å². The Hall–Kier alpha value is -1.57. The number of anilines is 1. The highest BCUT2D eigenvalue weighted by Crippen LogP contribution is 2.32. The van der Waals surface area contributed by atoms with Gasteiger partial charge in [-0.3, -0.25) is 4.79 Å². The molecule has 3 aromatic rings. The molecule has 0 unspecified atom stereocenters. The summed E-state index contributed by atoms with van der Waals surface area (Å²) in [7, 11) is 0. The maximum Gasteiger partial charge on any atom is 0.231 e. The van der Waals surface area contributed by atoms with Crippen molar-refractivity contribution in [1.82, 2.24) is 9.97 Å². The van der Waals surface area contributed by atoms with Crippen LogP contribution in [0, 0.1) is 6.92 Å². The van der Waals surface area contributed by atoms with Gasteiger partial charge in [0, 0.05) is 20.9 Å². The second-order valence-corrected chi connectivity index (χ2v) is 7.35. The lowest BCUT2D eigenvalue weighted by Gasteiger charge is -2.03. The number of aryl methyl sites for hydroxylation is 1. The third-order valence-corrected chi connectivity index (χ3v) is 5.58. The molecule has 0 aliphatic rings. The van der Waals surface area contributed by atoms with E-state index in [9.17, 15) is 4.79 Å². The van der Waals surface area contributed by atoms with Crippen molar-refractivity contribution in [2.45, 2.75) is 13.3 Å². The molecule has 1 amide bonds. The van der Waals surface area contributed by atoms with Crippen LogP contribution in [0.3, 0.4) is 0 Å². The quantitative estimate of drug-likeness (QED) is 0.708. The maximum atomic E-state index is 12.1. The van der Waals surface area contributed by atoms with Crippen molar-refractivity contribution >= 4 is 50.3 Å². The average molecular weight is 394 g/mol. The number of rotatable bonds is 4. The Labute approximate surface area is 144 Å². The van der Waals surface area contributed by atoms with Gasteiger partial charge in [0.1, 0.15) is 10.8 Å². The summed E-state index contributed by atoms with van der Waals surface area (Å²) in [6.45, 7) is 1.89. The summed E-state index contributed by atoms with van der Waals surface area (Å²) in [5.41, 5.74) is 1.65. The van der Waals surface area contributed by atoms with Crippen molar-refractivity contribution in [2.24, 2.45) is 0 Å². The lowest BCUT2D eigenvalue weighted by Crippen LogP contribution is -2.15. The second-order valence-electron chi connectivity index (χ2n) is 4.66. The van der Waals surface area contributed by atoms with Crippen molar-refractivity contribution in [1.29, 1.82) is 0 Å². The summed E-state index contributed by atoms with van der Waals surface area (Å²) < 4.78 is 1.05. The van der Waals surface area contributed by atoms with E-state index in [1.165, 1.54) is 0 Å². The van der Waals surface area contributed by atoms with E-state index in [-0.39, 0.29) is 12.3 Å². The molecule has 0 aliphatic heterocycles. The third-order valence-electron chi connectivity index (χ3n) is 2.83. The smallest absolute Gasteiger partial charge is 0.231 e. The van der Waals surface area contributed by atoms with Crippen LogP contribution in [-0.2, 0) is 11.2 Å². The van der Waals surface area contributed by atoms with Crippen molar-refractivity contribution < 1.29 is 4.79 Å². The summed E-state index contributed by atoms with van der Waals surface area (Å²) in [6, 6.07) is 7.57. The highest BCUT2D eigenvalue weighted by Gasteiger charge is 2.11. The van der Waals surface area contributed by atoms with Crippen molar-refractivity contribution in [2.75, 3.05) is 5.32 Å². The number of thiophene rings is 1. The molecule has 3 rings (SSSR count). The van der Waals surface area contributed by atoms with Crippen LogP contribution in [0.4, 0.5) is 5.82 Å². The third kappa shape index (κ3) is 3.79. The predicted molar refractivity (Wildman–Crippen MR) is 94.4 cm³/mol. The first-order valence-corrected chi connectivity index (χ1v) is 9.08. The zero-order chi connectivity index (χ0) is 15.5. The first-order valence-electron chi connectivity index (χ1n) is 6.52. The molecule has 0 aromatic carbocycles. The summed E-state index contributed by atoms with van der Waals surface area (Å²) >= 11 is 6.61. The minimum absolute atomic E-state index is 0.109. The molecule has 3 heterocycles. The minimum atomic E-state index is -0.109. The first kappa shape index (κ1) is 15.3. The molecule has 0 saturated carbocycles. The predicted octanol–water partition coefficient (Wildman–Crippen LogP) is 4.52. The van der Waals surface area contributed by atoms with E-state index >= 15 is 0 Å². The van der Waals surface area contributed by atoms with E-state index in [4.69, 9.17) is 0 Å². The van der Waals surface area contributed by atoms with Crippen molar-refractivity contribution in [3.63, 3.8) is 0 Å². The van der Waals surface area contributed by atoms with Crippen LogP contribution >= 0.6 is 38.6 Å². The van der Waals surface area contributed by atoms with E-state index in [1.807, 2.05) is 35.9 Å². The highest BCUT2D eigenvalue weighted by atomic mass is 79.9. The van der Waals surface area contributed by atoms with Gasteiger partial charge in [-0.25, -0.2) is 9.97 Å². The van der Waals surface area contributed by atoms with Gasteiger partial charge in [0.05, 0.1) is 17.0 Å². The number of hydrogen-bond donors (Lipinski definition) is 1. The van der Waals surface area contributed by atoms with Gasteiger partial charge in [-0.15, -0.1) is 22.7 Å². The van der Waals surface area contributed by atoms with Crippen LogP contribution < -0.4 is 5.32 Å². The normalized spacial score (nSPS) is 10.6. The Morgan fingerprint density at radius 1 is 1.27 bits per heavy atom. The van der Waals surface area contributed by atoms with Crippen LogP contribution in [0.25, 0.3) is 9.88 Å². The maximum absolute atomic E-state index is 12.1. The minimum Gasteiger partial charge on any atom is -0.310 e. The van der Waals surface area contributed by atoms with Gasteiger partial charge >= 0.3 is 0 Å². The summed E-state index contributed by atoms with van der Waals surface area (Å²) in [6.07, 6.45) is 0.249. The summed E-state index contributed by atoms with van der Waals surface area (Å²) in [5.74, 6) is 0.463. The van der Waals surface area contributed by atoms with Crippen LogP contribution in [-0.4, -0.2) is 15.9 Å². The molecular formula is C15H12BrN3OS2. The Morgan fingerprint density at radius 2 is 2.14 bits per heavy atom. The van der Waals surface area contributed by atoms with E-state index in [0.717, 1.165) is 25.7 Å². The number of carbonyl (C=O) groups excluding carboxylic acids is 1. The van der Waals surface area contributed by atoms with E-state index in [1.54, 1.807) is 28.7 Å². The van der Waals surface area contributed by atoms with E-state index in [0.29, 0.717) is 5.82 Å². The molecule has 112 valence electrons. The molecule has 3 aromatic heterocycles. The molecule has 0 spiro atoms. The molecule has 0 radical (unpaired) electrons. The Morgan fingerprint density at radius 3 is 2.86 bits per heavy atom. The number of amides is 1. The molecule has 0 atom stereocenters. The second kappa shape index (κ2) is 6.68. The Balaban J connectivity index is 1.66. The Kier molecular flexibility index (Phi) is 4.66. The van der Waals surface area contributed by atoms with Crippen molar-refractivity contribution in [3.05, 3.63) is 50.9 Å². The zero-order valence-corrected chi connectivity index (χ0v) is 14.9. The molecule has 7 heteroatoms. The molecular weight excluding hydrogens is 382 g/mol. The molecule has 0 bridgehead atoms. The molecule has 0 fully saturated rings. The molecule has 1 N–H and O–H groups in total. The van der Waals surface area contributed by atoms with Crippen LogP contribution in [0.5, 0.6) is 0 Å². The Bertz CT molecular complexity index is 812. The molecule has 22 heavy (non-hydrogen) atoms. The van der Waals surface area contributed by atoms with Crippen LogP contribution in [0.15, 0.2) is 39.5 Å². The van der Waals surface area contributed by atoms with Crippen LogP contribution in [0.2, 0.25) is 0 Å². The summed E-state index contributed by atoms with van der Waals surface area (Å²) in [5, 5.41) is 7.67. The highest BCUT2D eigenvalue weighted by molar-refractivity contribution is 9.10. The fourth-order valence-electron chi connectivity index (χ4n) is 1.89. The molecule has 0 aliphatic carbocycles. The fraction of sp³-hybridized carbons (Fsp3) is 0.133. The first-order chi connectivity index (χ1) is 10.6. The number of halogens is 1. The lowest BCUT2D eigenvalue weighted by atomic mass is 10.3. The van der Waals surface area contributed by atoms with Gasteiger partial charge in [0.25, 0.3) is 0 Å². The lowest BCUT2D eigenvalue weighted by molar-refractivity contribution is -0.115. The number of aromatic nitrogens is 2. The number of nitrogens with one attached hydrogen (secondary N) is 1. The topological polar surface area (TPSA) is 54.9 Å². The fourth-order valence-corrected chi connectivity index (χ4v) is 4.22. The van der Waals surface area contributed by atoms with Gasteiger partial charge < -0.3 is 5.32 Å². The van der Waals surface area contributed by atoms with Gasteiger partial charge in [-0.2, -0.15) is 0 Å². The zero-order valence-electron chi connectivity index (χ0n) is 11.7. The number of pyridine rings is 1. The van der Waals surface area contributed by atoms with Crippen molar-refractivity contribution in [3.8, 4) is 9.88 Å². The van der Waals surface area contributed by atoms with E-state index in [2.05, 4.69) is 31.2 Å². The van der Waals surface area contributed by atoms with Gasteiger partial charge in [-0.1, -0.05) is 6.07 Å². The summed E-state index contributed by atoms with van der Waals surface area (Å²) in [4.78, 5) is 21.9. The van der Waals surface area contributed by atoms with Gasteiger partial charge in [0.15, 0.2) is 0 Å². The van der Waals surface area contributed by atoms with E-state index < -0.39 is 0 Å². The largest absolute Gasteiger partial charge is 0.310 e.